The molecule has 24 heavy (non-hydrogen) atoms. The van der Waals surface area contributed by atoms with E-state index < -0.39 is 16.1 Å². The molecule has 0 radical (unpaired) electrons. The van der Waals surface area contributed by atoms with Crippen molar-refractivity contribution >= 4 is 21.7 Å². The molecule has 0 spiro atoms. The Hall–Kier alpha value is -1.60. The number of carbonyl (C=O) groups excluding carboxylic acids is 1. The van der Waals surface area contributed by atoms with E-state index in [4.69, 9.17) is 0 Å². The summed E-state index contributed by atoms with van der Waals surface area (Å²) >= 11 is 0. The molecule has 130 valence electrons. The van der Waals surface area contributed by atoms with Crippen LogP contribution in [0.1, 0.15) is 35.1 Å². The molecule has 4 rings (SSSR count). The lowest BCUT2D eigenvalue weighted by Crippen LogP contribution is -2.48. The number of nitrogens with one attached hydrogen (secondary N) is 3. The van der Waals surface area contributed by atoms with Crippen molar-refractivity contribution in [2.45, 2.75) is 38.5 Å². The highest BCUT2D eigenvalue weighted by atomic mass is 32.2. The molecule has 6 nitrogen and oxygen atoms in total. The smallest absolute Gasteiger partial charge is 0.316 e. The number of fused-ring (bicyclic) bond motifs is 2. The molecular formula is C17H23N3O3S. The number of carbonyl (C=O) groups is 1. The number of sulfonamides is 1. The van der Waals surface area contributed by atoms with E-state index in [1.807, 2.05) is 0 Å². The minimum absolute atomic E-state index is 0.00156. The zero-order valence-electron chi connectivity index (χ0n) is 13.7. The van der Waals surface area contributed by atoms with E-state index in [1.165, 1.54) is 22.3 Å². The van der Waals surface area contributed by atoms with Gasteiger partial charge in [0.15, 0.2) is 0 Å². The Bertz CT molecular complexity index is 753. The first kappa shape index (κ1) is 15.9. The van der Waals surface area contributed by atoms with E-state index in [0.29, 0.717) is 13.1 Å². The minimum atomic E-state index is -3.59. The van der Waals surface area contributed by atoms with Crippen LogP contribution in [-0.2, 0) is 35.7 Å². The average molecular weight is 349 g/mol. The first-order chi connectivity index (χ1) is 11.5. The van der Waals surface area contributed by atoms with Crippen LogP contribution in [0.3, 0.4) is 0 Å². The van der Waals surface area contributed by atoms with Crippen LogP contribution in [0.2, 0.25) is 0 Å². The van der Waals surface area contributed by atoms with Gasteiger partial charge in [-0.05, 0) is 66.7 Å². The monoisotopic (exact) mass is 349 g/mol. The zero-order chi connectivity index (χ0) is 16.7. The normalized spacial score (nSPS) is 19.5. The first-order valence-electron chi connectivity index (χ1n) is 8.70. The maximum atomic E-state index is 12.3. The van der Waals surface area contributed by atoms with Gasteiger partial charge < -0.3 is 10.6 Å². The van der Waals surface area contributed by atoms with E-state index in [9.17, 15) is 13.2 Å². The second-order valence-electron chi connectivity index (χ2n) is 7.10. The SMILES string of the molecule is O=C(Nc1c2c(cc3c1CCC3)CCC2)NS(=O)(=O)CC1CNC1. The Morgan fingerprint density at radius 1 is 1.08 bits per heavy atom. The van der Waals surface area contributed by atoms with Crippen LogP contribution < -0.4 is 15.4 Å². The number of urea groups is 1. The third-order valence-electron chi connectivity index (χ3n) is 5.28. The number of aryl methyl sites for hydroxylation is 2. The summed E-state index contributed by atoms with van der Waals surface area (Å²) in [4.78, 5) is 12.3. The molecule has 1 heterocycles. The van der Waals surface area contributed by atoms with Gasteiger partial charge in [0.25, 0.3) is 0 Å². The van der Waals surface area contributed by atoms with E-state index in [1.54, 1.807) is 0 Å². The molecule has 3 aliphatic rings. The number of anilines is 1. The Labute approximate surface area is 142 Å². The van der Waals surface area contributed by atoms with Gasteiger partial charge in [0.2, 0.25) is 10.0 Å². The van der Waals surface area contributed by atoms with Gasteiger partial charge in [-0.3, -0.25) is 0 Å². The van der Waals surface area contributed by atoms with Gasteiger partial charge in [0.05, 0.1) is 5.75 Å². The number of amides is 2. The van der Waals surface area contributed by atoms with Gasteiger partial charge in [-0.2, -0.15) is 0 Å². The van der Waals surface area contributed by atoms with Gasteiger partial charge in [-0.25, -0.2) is 17.9 Å². The van der Waals surface area contributed by atoms with E-state index in [-0.39, 0.29) is 11.7 Å². The van der Waals surface area contributed by atoms with Crippen molar-refractivity contribution in [2.24, 2.45) is 5.92 Å². The summed E-state index contributed by atoms with van der Waals surface area (Å²) in [7, 11) is -3.59. The molecular weight excluding hydrogens is 326 g/mol. The fourth-order valence-electron chi connectivity index (χ4n) is 4.07. The minimum Gasteiger partial charge on any atom is -0.316 e. The highest BCUT2D eigenvalue weighted by Crippen LogP contribution is 2.38. The van der Waals surface area contributed by atoms with Gasteiger partial charge in [0.1, 0.15) is 0 Å². The Balaban J connectivity index is 1.52. The van der Waals surface area contributed by atoms with Crippen molar-refractivity contribution in [1.29, 1.82) is 0 Å². The molecule has 1 fully saturated rings. The highest BCUT2D eigenvalue weighted by molar-refractivity contribution is 7.90. The fraction of sp³-hybridized carbons (Fsp3) is 0.588. The number of hydrogen-bond donors (Lipinski definition) is 3. The molecule has 0 unspecified atom stereocenters. The van der Waals surface area contributed by atoms with Crippen molar-refractivity contribution in [2.75, 3.05) is 24.2 Å². The summed E-state index contributed by atoms with van der Waals surface area (Å²) in [5.74, 6) is 0.0961. The second-order valence-corrected chi connectivity index (χ2v) is 8.86. The molecule has 3 N–H and O–H groups in total. The summed E-state index contributed by atoms with van der Waals surface area (Å²) in [6, 6.07) is 1.66. The summed E-state index contributed by atoms with van der Waals surface area (Å²) in [5, 5.41) is 5.90. The molecule has 1 aromatic rings. The summed E-state index contributed by atoms with van der Waals surface area (Å²) in [6.45, 7) is 1.39. The average Bonchev–Trinajstić information content (AvgIpc) is 3.10. The maximum Gasteiger partial charge on any atom is 0.332 e. The lowest BCUT2D eigenvalue weighted by Gasteiger charge is -2.26. The fourth-order valence-corrected chi connectivity index (χ4v) is 5.34. The molecule has 2 amide bonds. The topological polar surface area (TPSA) is 87.3 Å². The number of rotatable bonds is 4. The molecule has 7 heteroatoms. The van der Waals surface area contributed by atoms with Crippen LogP contribution >= 0.6 is 0 Å². The number of benzene rings is 1. The van der Waals surface area contributed by atoms with Crippen molar-refractivity contribution in [1.82, 2.24) is 10.0 Å². The Kier molecular flexibility index (Phi) is 4.00. The van der Waals surface area contributed by atoms with Crippen molar-refractivity contribution in [3.05, 3.63) is 28.3 Å². The number of hydrogen-bond acceptors (Lipinski definition) is 4. The lowest BCUT2D eigenvalue weighted by molar-refractivity contribution is 0.256. The standard InChI is InChI=1S/C17H23N3O3S/c21-17(20-24(22,23)10-11-8-18-9-11)19-16-14-5-1-3-12(14)7-13-4-2-6-15(13)16/h7,11,18H,1-6,8-10H2,(H2,19,20,21). The second kappa shape index (κ2) is 6.04. The quantitative estimate of drug-likeness (QED) is 0.765. The van der Waals surface area contributed by atoms with Crippen molar-refractivity contribution in [3.8, 4) is 0 Å². The van der Waals surface area contributed by atoms with E-state index in [2.05, 4.69) is 21.4 Å². The predicted molar refractivity (Wildman–Crippen MR) is 92.8 cm³/mol. The molecule has 0 saturated carbocycles. The van der Waals surface area contributed by atoms with Gasteiger partial charge in [0, 0.05) is 18.8 Å². The third-order valence-corrected chi connectivity index (χ3v) is 6.69. The van der Waals surface area contributed by atoms with Crippen LogP contribution in [0.5, 0.6) is 0 Å². The van der Waals surface area contributed by atoms with E-state index >= 15 is 0 Å². The molecule has 1 aliphatic heterocycles. The van der Waals surface area contributed by atoms with Crippen LogP contribution in [0.15, 0.2) is 6.07 Å². The summed E-state index contributed by atoms with van der Waals surface area (Å²) in [6.07, 6.45) is 6.21. The predicted octanol–water partition coefficient (Wildman–Crippen LogP) is 1.33. The Morgan fingerprint density at radius 3 is 2.25 bits per heavy atom. The van der Waals surface area contributed by atoms with E-state index in [0.717, 1.165) is 44.2 Å². The molecule has 2 aliphatic carbocycles. The van der Waals surface area contributed by atoms with Crippen molar-refractivity contribution in [3.63, 3.8) is 0 Å². The highest BCUT2D eigenvalue weighted by Gasteiger charge is 2.28. The molecule has 0 aromatic heterocycles. The molecule has 0 bridgehead atoms. The van der Waals surface area contributed by atoms with Gasteiger partial charge >= 0.3 is 6.03 Å². The first-order valence-corrected chi connectivity index (χ1v) is 10.4. The molecule has 0 atom stereocenters. The van der Waals surface area contributed by atoms with Crippen molar-refractivity contribution < 1.29 is 13.2 Å². The van der Waals surface area contributed by atoms with Gasteiger partial charge in [-0.1, -0.05) is 6.07 Å². The third kappa shape index (κ3) is 3.02. The van der Waals surface area contributed by atoms with Crippen LogP contribution in [0.4, 0.5) is 10.5 Å². The largest absolute Gasteiger partial charge is 0.332 e. The zero-order valence-corrected chi connectivity index (χ0v) is 14.5. The summed E-state index contributed by atoms with van der Waals surface area (Å²) < 4.78 is 26.4. The lowest BCUT2D eigenvalue weighted by atomic mass is 9.99. The van der Waals surface area contributed by atoms with Crippen LogP contribution in [0.25, 0.3) is 0 Å². The van der Waals surface area contributed by atoms with Gasteiger partial charge in [-0.15, -0.1) is 0 Å². The van der Waals surface area contributed by atoms with Crippen LogP contribution in [0, 0.1) is 5.92 Å². The Morgan fingerprint density at radius 2 is 1.71 bits per heavy atom. The maximum absolute atomic E-state index is 12.3. The molecule has 1 saturated heterocycles. The van der Waals surface area contributed by atoms with Crippen LogP contribution in [-0.4, -0.2) is 33.3 Å². The molecule has 1 aromatic carbocycles. The summed E-state index contributed by atoms with van der Waals surface area (Å²) in [5.41, 5.74) is 5.90.